The monoisotopic (exact) mass is 231 g/mol. The molecule has 0 aliphatic rings. The van der Waals surface area contributed by atoms with Gasteiger partial charge in [0.25, 0.3) is 0 Å². The van der Waals surface area contributed by atoms with Crippen molar-refractivity contribution in [1.82, 2.24) is 19.6 Å². The maximum absolute atomic E-state index is 4.25. The van der Waals surface area contributed by atoms with Crippen molar-refractivity contribution in [1.29, 1.82) is 0 Å². The number of nitrogens with one attached hydrogen (secondary N) is 1. The minimum Gasteiger partial charge on any atom is -0.363 e. The molecule has 0 aromatic carbocycles. The van der Waals surface area contributed by atoms with Crippen LogP contribution in [0.2, 0.25) is 0 Å². The number of thiophene rings is 1. The Hall–Kier alpha value is -1.95. The quantitative estimate of drug-likeness (QED) is 0.746. The summed E-state index contributed by atoms with van der Waals surface area (Å²) in [6.45, 7) is 0.753. The van der Waals surface area contributed by atoms with Crippen molar-refractivity contribution in [2.45, 2.75) is 6.54 Å². The van der Waals surface area contributed by atoms with Crippen LogP contribution in [0.1, 0.15) is 5.56 Å². The van der Waals surface area contributed by atoms with Gasteiger partial charge in [0.2, 0.25) is 5.65 Å². The molecule has 0 aliphatic carbocycles. The lowest BCUT2D eigenvalue weighted by Crippen LogP contribution is -2.02. The minimum atomic E-state index is 0.748. The van der Waals surface area contributed by atoms with E-state index in [4.69, 9.17) is 0 Å². The van der Waals surface area contributed by atoms with Gasteiger partial charge in [0, 0.05) is 18.9 Å². The van der Waals surface area contributed by atoms with E-state index in [0.29, 0.717) is 0 Å². The minimum absolute atomic E-state index is 0.748. The zero-order chi connectivity index (χ0) is 10.8. The number of fused-ring (bicyclic) bond motifs is 1. The summed E-state index contributed by atoms with van der Waals surface area (Å²) in [5.41, 5.74) is 1.99. The Kier molecular flexibility index (Phi) is 2.26. The lowest BCUT2D eigenvalue weighted by atomic mass is 10.3. The molecule has 80 valence electrons. The number of hydrogen-bond donors (Lipinski definition) is 1. The molecule has 0 radical (unpaired) electrons. The summed E-state index contributed by atoms with van der Waals surface area (Å²) in [6.07, 6.45) is 5.21. The molecule has 0 bridgehead atoms. The van der Waals surface area contributed by atoms with E-state index in [2.05, 4.69) is 37.3 Å². The predicted octanol–water partition coefficient (Wildman–Crippen LogP) is 1.80. The molecule has 6 heteroatoms. The molecule has 5 nitrogen and oxygen atoms in total. The van der Waals surface area contributed by atoms with Gasteiger partial charge in [-0.15, -0.1) is 10.2 Å². The fourth-order valence-corrected chi connectivity index (χ4v) is 2.13. The zero-order valence-electron chi connectivity index (χ0n) is 8.37. The van der Waals surface area contributed by atoms with E-state index in [-0.39, 0.29) is 0 Å². The molecular formula is C10H9N5S. The molecule has 0 fully saturated rings. The van der Waals surface area contributed by atoms with Crippen LogP contribution in [0.5, 0.6) is 0 Å². The Balaban J connectivity index is 1.86. The maximum Gasteiger partial charge on any atom is 0.203 e. The summed E-state index contributed by atoms with van der Waals surface area (Å²) >= 11 is 1.69. The molecule has 3 aromatic heterocycles. The van der Waals surface area contributed by atoms with Crippen molar-refractivity contribution in [3.8, 4) is 0 Å². The first kappa shape index (κ1) is 9.29. The van der Waals surface area contributed by atoms with E-state index >= 15 is 0 Å². The third-order valence-electron chi connectivity index (χ3n) is 2.26. The molecule has 0 spiro atoms. The first-order valence-electron chi connectivity index (χ1n) is 4.83. The van der Waals surface area contributed by atoms with Crippen LogP contribution in [-0.4, -0.2) is 19.6 Å². The number of anilines is 1. The second kappa shape index (κ2) is 3.90. The van der Waals surface area contributed by atoms with E-state index in [1.54, 1.807) is 23.9 Å². The van der Waals surface area contributed by atoms with Gasteiger partial charge in [0.1, 0.15) is 6.33 Å². The third kappa shape index (κ3) is 1.63. The smallest absolute Gasteiger partial charge is 0.203 e. The topological polar surface area (TPSA) is 55.1 Å². The number of rotatable bonds is 3. The Morgan fingerprint density at radius 1 is 1.44 bits per heavy atom. The van der Waals surface area contributed by atoms with Crippen molar-refractivity contribution < 1.29 is 0 Å². The molecule has 0 unspecified atom stereocenters. The number of nitrogens with zero attached hydrogens (tertiary/aromatic N) is 4. The zero-order valence-corrected chi connectivity index (χ0v) is 9.18. The Morgan fingerprint density at radius 2 is 2.44 bits per heavy atom. The van der Waals surface area contributed by atoms with Gasteiger partial charge in [-0.3, -0.25) is 4.40 Å². The summed E-state index contributed by atoms with van der Waals surface area (Å²) in [5, 5.41) is 15.3. The van der Waals surface area contributed by atoms with Gasteiger partial charge in [0.15, 0.2) is 5.82 Å². The van der Waals surface area contributed by atoms with Crippen LogP contribution >= 0.6 is 11.3 Å². The van der Waals surface area contributed by atoms with Crippen LogP contribution in [-0.2, 0) is 6.54 Å². The lowest BCUT2D eigenvalue weighted by Gasteiger charge is -2.04. The van der Waals surface area contributed by atoms with Gasteiger partial charge in [-0.1, -0.05) is 0 Å². The maximum atomic E-state index is 4.25. The van der Waals surface area contributed by atoms with Crippen LogP contribution in [0, 0.1) is 0 Å². The van der Waals surface area contributed by atoms with E-state index in [0.717, 1.165) is 18.0 Å². The molecule has 3 heterocycles. The lowest BCUT2D eigenvalue weighted by molar-refractivity contribution is 1.07. The van der Waals surface area contributed by atoms with Crippen molar-refractivity contribution in [2.24, 2.45) is 0 Å². The number of hydrogen-bond acceptors (Lipinski definition) is 5. The molecule has 16 heavy (non-hydrogen) atoms. The molecule has 3 rings (SSSR count). The van der Waals surface area contributed by atoms with E-state index in [1.165, 1.54) is 5.56 Å². The Labute approximate surface area is 95.8 Å². The van der Waals surface area contributed by atoms with Crippen LogP contribution in [0.4, 0.5) is 5.82 Å². The highest BCUT2D eigenvalue weighted by Gasteiger charge is 2.03. The summed E-state index contributed by atoms with van der Waals surface area (Å²) in [4.78, 5) is 4.25. The van der Waals surface area contributed by atoms with Gasteiger partial charge >= 0.3 is 0 Å². The fourth-order valence-electron chi connectivity index (χ4n) is 1.46. The summed E-state index contributed by atoms with van der Waals surface area (Å²) in [5.74, 6) is 0.756. The molecule has 0 saturated heterocycles. The van der Waals surface area contributed by atoms with Gasteiger partial charge in [-0.2, -0.15) is 11.3 Å². The standard InChI is InChI=1S/C10H9N5S/c1-4-16-6-8(1)5-12-9-10-14-13-7-15(10)3-2-11-9/h1-4,6-7H,5H2,(H,11,12). The molecule has 1 N–H and O–H groups in total. The largest absolute Gasteiger partial charge is 0.363 e. The normalized spacial score (nSPS) is 10.8. The van der Waals surface area contributed by atoms with E-state index in [1.807, 2.05) is 10.6 Å². The molecular weight excluding hydrogens is 222 g/mol. The molecule has 0 aliphatic heterocycles. The van der Waals surface area contributed by atoms with Crippen LogP contribution < -0.4 is 5.32 Å². The molecule has 0 atom stereocenters. The van der Waals surface area contributed by atoms with Crippen LogP contribution in [0.15, 0.2) is 35.5 Å². The Morgan fingerprint density at radius 3 is 3.31 bits per heavy atom. The predicted molar refractivity (Wildman–Crippen MR) is 62.4 cm³/mol. The van der Waals surface area contributed by atoms with Crippen LogP contribution in [0.3, 0.4) is 0 Å². The van der Waals surface area contributed by atoms with E-state index in [9.17, 15) is 0 Å². The fraction of sp³-hybridized carbons (Fsp3) is 0.100. The average molecular weight is 231 g/mol. The molecule has 0 saturated carbocycles. The van der Waals surface area contributed by atoms with Gasteiger partial charge in [-0.25, -0.2) is 4.98 Å². The first-order chi connectivity index (χ1) is 7.93. The summed E-state index contributed by atoms with van der Waals surface area (Å²) < 4.78 is 1.84. The second-order valence-corrected chi connectivity index (χ2v) is 4.10. The van der Waals surface area contributed by atoms with Gasteiger partial charge < -0.3 is 5.32 Å². The van der Waals surface area contributed by atoms with Gasteiger partial charge in [0.05, 0.1) is 0 Å². The van der Waals surface area contributed by atoms with Crippen molar-refractivity contribution in [3.63, 3.8) is 0 Å². The SMILES string of the molecule is c1cn2cnnc2c(NCc2ccsc2)n1. The highest BCUT2D eigenvalue weighted by atomic mass is 32.1. The Bertz CT molecular complexity index is 586. The van der Waals surface area contributed by atoms with Crippen molar-refractivity contribution in [3.05, 3.63) is 41.1 Å². The highest BCUT2D eigenvalue weighted by Crippen LogP contribution is 2.12. The summed E-state index contributed by atoms with van der Waals surface area (Å²) in [7, 11) is 0. The van der Waals surface area contributed by atoms with Crippen molar-refractivity contribution in [2.75, 3.05) is 5.32 Å². The van der Waals surface area contributed by atoms with E-state index < -0.39 is 0 Å². The van der Waals surface area contributed by atoms with Crippen LogP contribution in [0.25, 0.3) is 5.65 Å². The first-order valence-corrected chi connectivity index (χ1v) is 5.77. The molecule has 3 aromatic rings. The van der Waals surface area contributed by atoms with Crippen molar-refractivity contribution >= 4 is 22.8 Å². The highest BCUT2D eigenvalue weighted by molar-refractivity contribution is 7.07. The summed E-state index contributed by atoms with van der Waals surface area (Å²) in [6, 6.07) is 2.08. The molecule has 0 amide bonds. The average Bonchev–Trinajstić information content (AvgIpc) is 2.97. The number of aromatic nitrogens is 4. The van der Waals surface area contributed by atoms with Gasteiger partial charge in [-0.05, 0) is 22.4 Å². The third-order valence-corrected chi connectivity index (χ3v) is 2.99. The second-order valence-electron chi connectivity index (χ2n) is 3.32.